The Kier molecular flexibility index (Phi) is 5.26. The number of nitrogens with zero attached hydrogens (tertiary/aromatic N) is 3. The molecule has 0 spiro atoms. The third-order valence-corrected chi connectivity index (χ3v) is 3.50. The molecule has 25 heavy (non-hydrogen) atoms. The van der Waals surface area contributed by atoms with Gasteiger partial charge in [0.05, 0.1) is 7.11 Å². The lowest BCUT2D eigenvalue weighted by atomic mass is 10.2. The lowest BCUT2D eigenvalue weighted by Gasteiger charge is -2.11. The fourth-order valence-corrected chi connectivity index (χ4v) is 2.24. The van der Waals surface area contributed by atoms with Crippen LogP contribution >= 0.6 is 0 Å². The number of carbonyl (C=O) groups is 1. The highest BCUT2D eigenvalue weighted by molar-refractivity contribution is 5.77. The molecule has 0 fully saturated rings. The van der Waals surface area contributed by atoms with Crippen molar-refractivity contribution in [1.82, 2.24) is 19.9 Å². The summed E-state index contributed by atoms with van der Waals surface area (Å²) in [5.74, 6) is 1.65. The standard InChI is InChI=1S/C18H18N4O3/c1-24-15-4-2-3-5-16(15)25-12-18(23)21-11-14-6-7-20-17(10-14)22-9-8-19-13-22/h2-10,13H,11-12H2,1H3,(H,21,23). The van der Waals surface area contributed by atoms with Crippen LogP contribution in [0.5, 0.6) is 11.5 Å². The van der Waals surface area contributed by atoms with Crippen molar-refractivity contribution in [3.8, 4) is 17.3 Å². The van der Waals surface area contributed by atoms with Crippen LogP contribution in [0.3, 0.4) is 0 Å². The quantitative estimate of drug-likeness (QED) is 0.713. The highest BCUT2D eigenvalue weighted by Crippen LogP contribution is 2.25. The number of methoxy groups -OCH3 is 1. The number of nitrogens with one attached hydrogen (secondary N) is 1. The van der Waals surface area contributed by atoms with Gasteiger partial charge in [0.25, 0.3) is 5.91 Å². The number of ether oxygens (including phenoxy) is 2. The van der Waals surface area contributed by atoms with E-state index in [1.54, 1.807) is 42.5 Å². The van der Waals surface area contributed by atoms with Crippen molar-refractivity contribution in [1.29, 1.82) is 0 Å². The van der Waals surface area contributed by atoms with Gasteiger partial charge in [-0.05, 0) is 29.8 Å². The van der Waals surface area contributed by atoms with Gasteiger partial charge in [-0.1, -0.05) is 12.1 Å². The SMILES string of the molecule is COc1ccccc1OCC(=O)NCc1ccnc(-n2ccnc2)c1. The van der Waals surface area contributed by atoms with Crippen LogP contribution in [-0.4, -0.2) is 34.2 Å². The molecule has 0 aliphatic carbocycles. The molecule has 0 saturated carbocycles. The van der Waals surface area contributed by atoms with Crippen LogP contribution in [0.2, 0.25) is 0 Å². The van der Waals surface area contributed by atoms with E-state index >= 15 is 0 Å². The Bertz CT molecular complexity index is 834. The lowest BCUT2D eigenvalue weighted by molar-refractivity contribution is -0.123. The number of amides is 1. The van der Waals surface area contributed by atoms with Crippen LogP contribution in [0.15, 0.2) is 61.3 Å². The van der Waals surface area contributed by atoms with E-state index in [4.69, 9.17) is 9.47 Å². The maximum atomic E-state index is 12.0. The first kappa shape index (κ1) is 16.5. The number of hydrogen-bond acceptors (Lipinski definition) is 5. The fourth-order valence-electron chi connectivity index (χ4n) is 2.24. The van der Waals surface area contributed by atoms with Crippen molar-refractivity contribution >= 4 is 5.91 Å². The van der Waals surface area contributed by atoms with Gasteiger partial charge in [-0.2, -0.15) is 0 Å². The van der Waals surface area contributed by atoms with Gasteiger partial charge in [0.15, 0.2) is 18.1 Å². The number of carbonyl (C=O) groups excluding carboxylic acids is 1. The van der Waals surface area contributed by atoms with Crippen molar-refractivity contribution in [2.45, 2.75) is 6.54 Å². The van der Waals surface area contributed by atoms with Crippen LogP contribution < -0.4 is 14.8 Å². The largest absolute Gasteiger partial charge is 0.493 e. The summed E-state index contributed by atoms with van der Waals surface area (Å²) in [6.07, 6.45) is 6.87. The molecular weight excluding hydrogens is 320 g/mol. The number of para-hydroxylation sites is 2. The molecule has 0 aliphatic rings. The summed E-state index contributed by atoms with van der Waals surface area (Å²) in [4.78, 5) is 20.3. The maximum Gasteiger partial charge on any atom is 0.258 e. The first-order valence-corrected chi connectivity index (χ1v) is 7.72. The number of rotatable bonds is 7. The van der Waals surface area contributed by atoms with Crippen LogP contribution in [0.25, 0.3) is 5.82 Å². The number of hydrogen-bond donors (Lipinski definition) is 1. The fraction of sp³-hybridized carbons (Fsp3) is 0.167. The Balaban J connectivity index is 1.53. The van der Waals surface area contributed by atoms with E-state index in [0.717, 1.165) is 11.4 Å². The summed E-state index contributed by atoms with van der Waals surface area (Å²) < 4.78 is 12.5. The summed E-state index contributed by atoms with van der Waals surface area (Å²) in [5, 5.41) is 2.82. The van der Waals surface area contributed by atoms with E-state index in [1.807, 2.05) is 30.5 Å². The second kappa shape index (κ2) is 7.96. The molecule has 7 nitrogen and oxygen atoms in total. The predicted octanol–water partition coefficient (Wildman–Crippen LogP) is 1.97. The Morgan fingerprint density at radius 1 is 1.20 bits per heavy atom. The van der Waals surface area contributed by atoms with Crippen molar-refractivity contribution in [3.63, 3.8) is 0 Å². The molecule has 7 heteroatoms. The maximum absolute atomic E-state index is 12.0. The number of aromatic nitrogens is 3. The van der Waals surface area contributed by atoms with E-state index in [-0.39, 0.29) is 12.5 Å². The normalized spacial score (nSPS) is 10.3. The van der Waals surface area contributed by atoms with Gasteiger partial charge in [-0.15, -0.1) is 0 Å². The molecule has 0 saturated heterocycles. The van der Waals surface area contributed by atoms with Gasteiger partial charge in [0.1, 0.15) is 12.1 Å². The van der Waals surface area contributed by atoms with Gasteiger partial charge in [-0.3, -0.25) is 9.36 Å². The van der Waals surface area contributed by atoms with E-state index < -0.39 is 0 Å². The van der Waals surface area contributed by atoms with Gasteiger partial charge in [0, 0.05) is 25.1 Å². The Morgan fingerprint density at radius 3 is 2.80 bits per heavy atom. The molecule has 128 valence electrons. The second-order valence-electron chi connectivity index (χ2n) is 5.21. The van der Waals surface area contributed by atoms with Crippen LogP contribution in [0.4, 0.5) is 0 Å². The first-order chi connectivity index (χ1) is 12.3. The molecule has 0 unspecified atom stereocenters. The van der Waals surface area contributed by atoms with Crippen molar-refractivity contribution in [2.24, 2.45) is 0 Å². The Morgan fingerprint density at radius 2 is 2.04 bits per heavy atom. The minimum Gasteiger partial charge on any atom is -0.493 e. The Hall–Kier alpha value is -3.35. The van der Waals surface area contributed by atoms with Gasteiger partial charge < -0.3 is 14.8 Å². The smallest absolute Gasteiger partial charge is 0.258 e. The zero-order chi connectivity index (χ0) is 17.5. The van der Waals surface area contributed by atoms with Crippen molar-refractivity contribution in [3.05, 3.63) is 66.9 Å². The third-order valence-electron chi connectivity index (χ3n) is 3.50. The molecule has 2 aromatic heterocycles. The molecule has 1 N–H and O–H groups in total. The van der Waals surface area contributed by atoms with E-state index in [0.29, 0.717) is 18.0 Å². The molecule has 1 amide bonds. The van der Waals surface area contributed by atoms with Gasteiger partial charge >= 0.3 is 0 Å². The number of pyridine rings is 1. The predicted molar refractivity (Wildman–Crippen MR) is 91.7 cm³/mol. The average Bonchev–Trinajstić information content (AvgIpc) is 3.20. The van der Waals surface area contributed by atoms with Gasteiger partial charge in [0.2, 0.25) is 0 Å². The van der Waals surface area contributed by atoms with Crippen molar-refractivity contribution < 1.29 is 14.3 Å². The lowest BCUT2D eigenvalue weighted by Crippen LogP contribution is -2.28. The molecule has 0 bridgehead atoms. The molecular formula is C18H18N4O3. The van der Waals surface area contributed by atoms with Crippen LogP contribution in [0.1, 0.15) is 5.56 Å². The summed E-state index contributed by atoms with van der Waals surface area (Å²) in [7, 11) is 1.56. The zero-order valence-corrected chi connectivity index (χ0v) is 13.8. The number of benzene rings is 1. The molecule has 2 heterocycles. The highest BCUT2D eigenvalue weighted by atomic mass is 16.5. The van der Waals surface area contributed by atoms with Gasteiger partial charge in [-0.25, -0.2) is 9.97 Å². The van der Waals surface area contributed by atoms with Crippen LogP contribution in [-0.2, 0) is 11.3 Å². The molecule has 3 rings (SSSR count). The number of imidazole rings is 1. The molecule has 1 aromatic carbocycles. The Labute approximate surface area is 145 Å². The topological polar surface area (TPSA) is 78.3 Å². The minimum atomic E-state index is -0.216. The minimum absolute atomic E-state index is 0.0835. The monoisotopic (exact) mass is 338 g/mol. The average molecular weight is 338 g/mol. The van der Waals surface area contributed by atoms with Crippen LogP contribution in [0, 0.1) is 0 Å². The summed E-state index contributed by atoms with van der Waals surface area (Å²) in [6.45, 7) is 0.304. The van der Waals surface area contributed by atoms with E-state index in [1.165, 1.54) is 0 Å². The summed E-state index contributed by atoms with van der Waals surface area (Å²) in [5.41, 5.74) is 0.935. The third kappa shape index (κ3) is 4.35. The molecule has 3 aromatic rings. The zero-order valence-electron chi connectivity index (χ0n) is 13.8. The first-order valence-electron chi connectivity index (χ1n) is 7.72. The summed E-state index contributed by atoms with van der Waals surface area (Å²) >= 11 is 0. The second-order valence-corrected chi connectivity index (χ2v) is 5.21. The summed E-state index contributed by atoms with van der Waals surface area (Å²) in [6, 6.07) is 10.9. The highest BCUT2D eigenvalue weighted by Gasteiger charge is 2.07. The van der Waals surface area contributed by atoms with E-state index in [9.17, 15) is 4.79 Å². The molecule has 0 atom stereocenters. The molecule has 0 aliphatic heterocycles. The van der Waals surface area contributed by atoms with Crippen molar-refractivity contribution in [2.75, 3.05) is 13.7 Å². The van der Waals surface area contributed by atoms with E-state index in [2.05, 4.69) is 15.3 Å². The molecule has 0 radical (unpaired) electrons.